The van der Waals surface area contributed by atoms with Crippen molar-refractivity contribution < 1.29 is 9.59 Å². The lowest BCUT2D eigenvalue weighted by Crippen LogP contribution is -2.26. The van der Waals surface area contributed by atoms with Crippen molar-refractivity contribution in [3.05, 3.63) is 59.4 Å². The highest BCUT2D eigenvalue weighted by Gasteiger charge is 2.10. The van der Waals surface area contributed by atoms with E-state index in [2.05, 4.69) is 15.6 Å². The molecular weight excluding hydrogens is 266 g/mol. The lowest BCUT2D eigenvalue weighted by atomic mass is 10.0. The number of H-pyrrole nitrogens is 1. The number of carbonyl (C=O) groups is 2. The van der Waals surface area contributed by atoms with E-state index in [1.54, 1.807) is 42.7 Å². The van der Waals surface area contributed by atoms with Gasteiger partial charge in [-0.3, -0.25) is 9.59 Å². The zero-order chi connectivity index (χ0) is 15.1. The van der Waals surface area contributed by atoms with Crippen molar-refractivity contribution >= 4 is 11.7 Å². The Balaban J connectivity index is 1.95. The molecule has 3 N–H and O–H groups in total. The standard InChI is InChI=1S/C16H19N3O2/c1-17-8-2-9-19-16(21)13-5-3-12(4-6-13)15(20)14-7-10-18-11-14/h3-7,10-11,17-18H,2,8-9H2,1H3,(H,19,21). The summed E-state index contributed by atoms with van der Waals surface area (Å²) in [6, 6.07) is 8.43. The molecule has 21 heavy (non-hydrogen) atoms. The molecule has 0 atom stereocenters. The molecule has 2 aromatic rings. The highest BCUT2D eigenvalue weighted by atomic mass is 16.1. The van der Waals surface area contributed by atoms with Gasteiger partial charge in [0.05, 0.1) is 0 Å². The maximum atomic E-state index is 12.1. The molecule has 0 radical (unpaired) electrons. The van der Waals surface area contributed by atoms with E-state index in [0.717, 1.165) is 13.0 Å². The Labute approximate surface area is 123 Å². The minimum absolute atomic E-state index is 0.0581. The van der Waals surface area contributed by atoms with E-state index >= 15 is 0 Å². The monoisotopic (exact) mass is 285 g/mol. The number of rotatable bonds is 7. The SMILES string of the molecule is CNCCCNC(=O)c1ccc(C(=O)c2cc[nH]c2)cc1. The first kappa shape index (κ1) is 15.0. The molecule has 0 aliphatic carbocycles. The first-order valence-electron chi connectivity index (χ1n) is 6.92. The van der Waals surface area contributed by atoms with Crippen molar-refractivity contribution in [3.8, 4) is 0 Å². The van der Waals surface area contributed by atoms with Gasteiger partial charge in [-0.1, -0.05) is 12.1 Å². The van der Waals surface area contributed by atoms with Gasteiger partial charge in [-0.05, 0) is 38.2 Å². The number of aromatic amines is 1. The van der Waals surface area contributed by atoms with Crippen LogP contribution in [0, 0.1) is 0 Å². The Bertz CT molecular complexity index is 588. The van der Waals surface area contributed by atoms with Crippen LogP contribution in [0.1, 0.15) is 32.7 Å². The Hall–Kier alpha value is -2.40. The Kier molecular flexibility index (Phi) is 5.29. The van der Waals surface area contributed by atoms with Gasteiger partial charge in [-0.2, -0.15) is 0 Å². The number of nitrogens with one attached hydrogen (secondary N) is 3. The minimum Gasteiger partial charge on any atom is -0.367 e. The summed E-state index contributed by atoms with van der Waals surface area (Å²) in [5.74, 6) is -0.177. The summed E-state index contributed by atoms with van der Waals surface area (Å²) in [6.07, 6.45) is 4.25. The third-order valence-electron chi connectivity index (χ3n) is 3.16. The summed E-state index contributed by atoms with van der Waals surface area (Å²) in [4.78, 5) is 26.9. The fourth-order valence-electron chi connectivity index (χ4n) is 1.97. The number of amides is 1. The van der Waals surface area contributed by atoms with Crippen molar-refractivity contribution in [1.82, 2.24) is 15.6 Å². The minimum atomic E-state index is -0.119. The van der Waals surface area contributed by atoms with Crippen LogP contribution in [0.3, 0.4) is 0 Å². The van der Waals surface area contributed by atoms with Gasteiger partial charge in [0.2, 0.25) is 0 Å². The zero-order valence-electron chi connectivity index (χ0n) is 12.0. The average Bonchev–Trinajstić information content (AvgIpc) is 3.05. The Morgan fingerprint density at radius 3 is 2.33 bits per heavy atom. The van der Waals surface area contributed by atoms with Crippen LogP contribution in [0.5, 0.6) is 0 Å². The summed E-state index contributed by atoms with van der Waals surface area (Å²) in [6.45, 7) is 1.49. The van der Waals surface area contributed by atoms with Crippen LogP contribution in [-0.2, 0) is 0 Å². The first-order valence-corrected chi connectivity index (χ1v) is 6.92. The maximum absolute atomic E-state index is 12.1. The third-order valence-corrected chi connectivity index (χ3v) is 3.16. The molecular formula is C16H19N3O2. The van der Waals surface area contributed by atoms with Gasteiger partial charge < -0.3 is 15.6 Å². The van der Waals surface area contributed by atoms with Gasteiger partial charge in [-0.25, -0.2) is 0 Å². The van der Waals surface area contributed by atoms with Crippen LogP contribution in [0.25, 0.3) is 0 Å². The Morgan fingerprint density at radius 2 is 1.71 bits per heavy atom. The lowest BCUT2D eigenvalue weighted by Gasteiger charge is -2.05. The first-order chi connectivity index (χ1) is 10.2. The van der Waals surface area contributed by atoms with E-state index < -0.39 is 0 Å². The second kappa shape index (κ2) is 7.40. The van der Waals surface area contributed by atoms with Crippen molar-refractivity contribution in [2.24, 2.45) is 0 Å². The normalized spacial score (nSPS) is 10.3. The molecule has 0 aliphatic rings. The molecule has 1 heterocycles. The molecule has 1 aromatic heterocycles. The quantitative estimate of drug-likeness (QED) is 0.534. The van der Waals surface area contributed by atoms with Crippen molar-refractivity contribution in [2.45, 2.75) is 6.42 Å². The van der Waals surface area contributed by atoms with Crippen LogP contribution in [0.4, 0.5) is 0 Å². The molecule has 0 unspecified atom stereocenters. The fraction of sp³-hybridized carbons (Fsp3) is 0.250. The molecule has 2 rings (SSSR count). The topological polar surface area (TPSA) is 74.0 Å². The smallest absolute Gasteiger partial charge is 0.251 e. The van der Waals surface area contributed by atoms with Gasteiger partial charge in [0, 0.05) is 35.6 Å². The molecule has 0 spiro atoms. The van der Waals surface area contributed by atoms with Gasteiger partial charge >= 0.3 is 0 Å². The van der Waals surface area contributed by atoms with E-state index in [-0.39, 0.29) is 11.7 Å². The second-order valence-electron chi connectivity index (χ2n) is 4.72. The molecule has 0 fully saturated rings. The van der Waals surface area contributed by atoms with Crippen LogP contribution in [-0.4, -0.2) is 36.8 Å². The molecule has 1 amide bonds. The molecule has 0 bridgehead atoms. The van der Waals surface area contributed by atoms with Gasteiger partial charge in [-0.15, -0.1) is 0 Å². The summed E-state index contributed by atoms with van der Waals surface area (Å²) in [5.41, 5.74) is 1.74. The molecule has 5 heteroatoms. The van der Waals surface area contributed by atoms with E-state index in [1.165, 1.54) is 0 Å². The number of ketones is 1. The molecule has 110 valence electrons. The molecule has 0 saturated heterocycles. The largest absolute Gasteiger partial charge is 0.367 e. The highest BCUT2D eigenvalue weighted by molar-refractivity contribution is 6.09. The van der Waals surface area contributed by atoms with Crippen LogP contribution < -0.4 is 10.6 Å². The number of carbonyl (C=O) groups excluding carboxylic acids is 2. The number of aromatic nitrogens is 1. The third kappa shape index (κ3) is 4.03. The van der Waals surface area contributed by atoms with Crippen molar-refractivity contribution in [1.29, 1.82) is 0 Å². The molecule has 0 saturated carbocycles. The predicted octanol–water partition coefficient (Wildman–Crippen LogP) is 1.58. The van der Waals surface area contributed by atoms with E-state index in [1.807, 2.05) is 7.05 Å². The summed E-state index contributed by atoms with van der Waals surface area (Å²) in [7, 11) is 1.88. The van der Waals surface area contributed by atoms with Crippen molar-refractivity contribution in [3.63, 3.8) is 0 Å². The van der Waals surface area contributed by atoms with Crippen LogP contribution in [0.15, 0.2) is 42.7 Å². The van der Waals surface area contributed by atoms with E-state index in [0.29, 0.717) is 23.2 Å². The van der Waals surface area contributed by atoms with Crippen LogP contribution >= 0.6 is 0 Å². The number of hydrogen-bond acceptors (Lipinski definition) is 3. The van der Waals surface area contributed by atoms with Gasteiger partial charge in [0.1, 0.15) is 0 Å². The highest BCUT2D eigenvalue weighted by Crippen LogP contribution is 2.10. The van der Waals surface area contributed by atoms with Gasteiger partial charge in [0.25, 0.3) is 5.91 Å². The second-order valence-corrected chi connectivity index (χ2v) is 4.72. The zero-order valence-corrected chi connectivity index (χ0v) is 12.0. The predicted molar refractivity (Wildman–Crippen MR) is 81.5 cm³/mol. The van der Waals surface area contributed by atoms with Crippen LogP contribution in [0.2, 0.25) is 0 Å². The fourth-order valence-corrected chi connectivity index (χ4v) is 1.97. The average molecular weight is 285 g/mol. The summed E-state index contributed by atoms with van der Waals surface area (Å²) in [5, 5.41) is 5.86. The lowest BCUT2D eigenvalue weighted by molar-refractivity contribution is 0.0951. The number of benzene rings is 1. The van der Waals surface area contributed by atoms with E-state index in [9.17, 15) is 9.59 Å². The molecule has 0 aliphatic heterocycles. The summed E-state index contributed by atoms with van der Waals surface area (Å²) < 4.78 is 0. The van der Waals surface area contributed by atoms with E-state index in [4.69, 9.17) is 0 Å². The molecule has 1 aromatic carbocycles. The Morgan fingerprint density at radius 1 is 1.00 bits per heavy atom. The van der Waals surface area contributed by atoms with Gasteiger partial charge in [0.15, 0.2) is 5.78 Å². The summed E-state index contributed by atoms with van der Waals surface area (Å²) >= 11 is 0. The maximum Gasteiger partial charge on any atom is 0.251 e. The van der Waals surface area contributed by atoms with Crippen molar-refractivity contribution in [2.75, 3.05) is 20.1 Å². The molecule has 5 nitrogen and oxygen atoms in total. The number of hydrogen-bond donors (Lipinski definition) is 3.